The molecule has 6 heteroatoms. The number of hydrogen-bond donors (Lipinski definition) is 1. The molecule has 0 saturated carbocycles. The van der Waals surface area contributed by atoms with Crippen LogP contribution in [-0.2, 0) is 16.0 Å². The van der Waals surface area contributed by atoms with Gasteiger partial charge in [0, 0.05) is 26.2 Å². The average Bonchev–Trinajstić information content (AvgIpc) is 2.55. The predicted molar refractivity (Wildman–Crippen MR) is 103 cm³/mol. The fraction of sp³-hybridized carbons (Fsp3) is 0.579. The Labute approximate surface area is 157 Å². The van der Waals surface area contributed by atoms with E-state index in [2.05, 4.69) is 0 Å². The first-order valence-electron chi connectivity index (χ1n) is 8.57. The van der Waals surface area contributed by atoms with E-state index in [4.69, 9.17) is 5.73 Å². The molecular formula is C19H30ClN3O2. The summed E-state index contributed by atoms with van der Waals surface area (Å²) in [5.74, 6) is 0.102. The van der Waals surface area contributed by atoms with E-state index in [0.717, 1.165) is 11.1 Å². The fourth-order valence-electron chi connectivity index (χ4n) is 2.83. The van der Waals surface area contributed by atoms with Gasteiger partial charge in [0.2, 0.25) is 11.8 Å². The van der Waals surface area contributed by atoms with E-state index < -0.39 is 6.04 Å². The molecule has 0 spiro atoms. The third-order valence-electron chi connectivity index (χ3n) is 4.75. The molecule has 0 radical (unpaired) electrons. The number of carbonyl (C=O) groups excluding carboxylic acids is 2. The van der Waals surface area contributed by atoms with Gasteiger partial charge < -0.3 is 15.5 Å². The van der Waals surface area contributed by atoms with E-state index in [1.165, 1.54) is 0 Å². The topological polar surface area (TPSA) is 66.6 Å². The molecule has 1 aromatic rings. The molecule has 2 rings (SSSR count). The maximum Gasteiger partial charge on any atom is 0.240 e. The van der Waals surface area contributed by atoms with E-state index in [9.17, 15) is 9.59 Å². The zero-order valence-electron chi connectivity index (χ0n) is 15.6. The molecule has 2 amide bonds. The van der Waals surface area contributed by atoms with Crippen molar-refractivity contribution in [3.05, 3.63) is 35.4 Å². The van der Waals surface area contributed by atoms with Gasteiger partial charge in [0.1, 0.15) is 0 Å². The molecule has 1 saturated heterocycles. The standard InChI is InChI=1S/C19H29N3O2.ClH/c1-14-7-5-6-8-15(14)13-16(23)21-9-11-22(12-10-21)18(24)17(20)19(2,3)4;/h5-8,17H,9-13,20H2,1-4H3;1H/t17-;/m1./s1. The van der Waals surface area contributed by atoms with Crippen LogP contribution in [0.4, 0.5) is 0 Å². The van der Waals surface area contributed by atoms with Crippen LogP contribution in [0, 0.1) is 12.3 Å². The van der Waals surface area contributed by atoms with Crippen molar-refractivity contribution < 1.29 is 9.59 Å². The van der Waals surface area contributed by atoms with E-state index in [-0.39, 0.29) is 29.6 Å². The van der Waals surface area contributed by atoms with Gasteiger partial charge in [0.25, 0.3) is 0 Å². The number of rotatable bonds is 3. The van der Waals surface area contributed by atoms with Crippen molar-refractivity contribution in [2.24, 2.45) is 11.1 Å². The Kier molecular flexibility index (Phi) is 7.44. The molecular weight excluding hydrogens is 338 g/mol. The lowest BCUT2D eigenvalue weighted by atomic mass is 9.86. The van der Waals surface area contributed by atoms with Gasteiger partial charge in [0.05, 0.1) is 12.5 Å². The Morgan fingerprint density at radius 3 is 2.12 bits per heavy atom. The number of nitrogens with two attached hydrogens (primary N) is 1. The Hall–Kier alpha value is -1.59. The molecule has 0 unspecified atom stereocenters. The summed E-state index contributed by atoms with van der Waals surface area (Å²) >= 11 is 0. The van der Waals surface area contributed by atoms with Crippen LogP contribution in [-0.4, -0.2) is 53.8 Å². The van der Waals surface area contributed by atoms with E-state index >= 15 is 0 Å². The minimum absolute atomic E-state index is 0. The monoisotopic (exact) mass is 367 g/mol. The highest BCUT2D eigenvalue weighted by atomic mass is 35.5. The Morgan fingerprint density at radius 2 is 1.60 bits per heavy atom. The number of nitrogens with zero attached hydrogens (tertiary/aromatic N) is 2. The highest BCUT2D eigenvalue weighted by Crippen LogP contribution is 2.20. The highest BCUT2D eigenvalue weighted by molar-refractivity contribution is 5.85. The maximum atomic E-state index is 12.5. The summed E-state index contributed by atoms with van der Waals surface area (Å²) in [5.41, 5.74) is 8.01. The van der Waals surface area contributed by atoms with Crippen molar-refractivity contribution in [2.75, 3.05) is 26.2 Å². The van der Waals surface area contributed by atoms with Crippen LogP contribution < -0.4 is 5.73 Å². The van der Waals surface area contributed by atoms with Crippen LogP contribution in [0.25, 0.3) is 0 Å². The van der Waals surface area contributed by atoms with Gasteiger partial charge in [-0.15, -0.1) is 12.4 Å². The molecule has 0 aromatic heterocycles. The summed E-state index contributed by atoms with van der Waals surface area (Å²) in [6, 6.07) is 7.45. The molecule has 0 bridgehead atoms. The van der Waals surface area contributed by atoms with Crippen LogP contribution in [0.15, 0.2) is 24.3 Å². The van der Waals surface area contributed by atoms with Gasteiger partial charge in [-0.3, -0.25) is 9.59 Å². The number of benzene rings is 1. The molecule has 5 nitrogen and oxygen atoms in total. The lowest BCUT2D eigenvalue weighted by Crippen LogP contribution is -2.57. The number of halogens is 1. The average molecular weight is 368 g/mol. The predicted octanol–water partition coefficient (Wildman–Crippen LogP) is 2.00. The first kappa shape index (κ1) is 21.5. The molecule has 2 N–H and O–H groups in total. The van der Waals surface area contributed by atoms with E-state index in [1.807, 2.05) is 56.9 Å². The van der Waals surface area contributed by atoms with Gasteiger partial charge in [-0.2, -0.15) is 0 Å². The molecule has 1 aliphatic heterocycles. The number of amides is 2. The number of piperazine rings is 1. The summed E-state index contributed by atoms with van der Waals surface area (Å²) < 4.78 is 0. The summed E-state index contributed by atoms with van der Waals surface area (Å²) in [5, 5.41) is 0. The maximum absolute atomic E-state index is 12.5. The van der Waals surface area contributed by atoms with Crippen LogP contribution >= 0.6 is 12.4 Å². The van der Waals surface area contributed by atoms with Gasteiger partial charge in [-0.1, -0.05) is 45.0 Å². The summed E-state index contributed by atoms with van der Waals surface area (Å²) in [6.45, 7) is 10.2. The van der Waals surface area contributed by atoms with Crippen molar-refractivity contribution in [1.29, 1.82) is 0 Å². The second-order valence-electron chi connectivity index (χ2n) is 7.65. The van der Waals surface area contributed by atoms with Gasteiger partial charge in [-0.05, 0) is 23.5 Å². The molecule has 1 aliphatic rings. The van der Waals surface area contributed by atoms with Crippen LogP contribution in [0.2, 0.25) is 0 Å². The molecule has 1 atom stereocenters. The number of hydrogen-bond acceptors (Lipinski definition) is 3. The third-order valence-corrected chi connectivity index (χ3v) is 4.75. The number of carbonyl (C=O) groups is 2. The van der Waals surface area contributed by atoms with Gasteiger partial charge >= 0.3 is 0 Å². The van der Waals surface area contributed by atoms with Crippen LogP contribution in [0.5, 0.6) is 0 Å². The molecule has 1 aromatic carbocycles. The van der Waals surface area contributed by atoms with E-state index in [1.54, 1.807) is 4.90 Å². The van der Waals surface area contributed by atoms with Crippen molar-refractivity contribution >= 4 is 24.2 Å². The van der Waals surface area contributed by atoms with Crippen molar-refractivity contribution in [3.63, 3.8) is 0 Å². The van der Waals surface area contributed by atoms with Crippen molar-refractivity contribution in [3.8, 4) is 0 Å². The molecule has 0 aliphatic carbocycles. The van der Waals surface area contributed by atoms with E-state index in [0.29, 0.717) is 32.6 Å². The molecule has 25 heavy (non-hydrogen) atoms. The van der Waals surface area contributed by atoms with Gasteiger partial charge in [0.15, 0.2) is 0 Å². The SMILES string of the molecule is Cc1ccccc1CC(=O)N1CCN(C(=O)[C@@H](N)C(C)(C)C)CC1.Cl. The summed E-state index contributed by atoms with van der Waals surface area (Å²) in [4.78, 5) is 28.6. The van der Waals surface area contributed by atoms with Crippen LogP contribution in [0.1, 0.15) is 31.9 Å². The second-order valence-corrected chi connectivity index (χ2v) is 7.65. The Morgan fingerprint density at radius 1 is 1.08 bits per heavy atom. The molecule has 140 valence electrons. The lowest BCUT2D eigenvalue weighted by molar-refractivity contribution is -0.141. The highest BCUT2D eigenvalue weighted by Gasteiger charge is 2.33. The molecule has 1 fully saturated rings. The van der Waals surface area contributed by atoms with Crippen LogP contribution in [0.3, 0.4) is 0 Å². The first-order chi connectivity index (χ1) is 11.2. The summed E-state index contributed by atoms with van der Waals surface area (Å²) in [6.07, 6.45) is 0.419. The minimum atomic E-state index is -0.508. The first-order valence-corrected chi connectivity index (χ1v) is 8.57. The second kappa shape index (κ2) is 8.68. The minimum Gasteiger partial charge on any atom is -0.339 e. The smallest absolute Gasteiger partial charge is 0.240 e. The van der Waals surface area contributed by atoms with Crippen molar-refractivity contribution in [2.45, 2.75) is 40.2 Å². The zero-order chi connectivity index (χ0) is 17.9. The Bertz CT molecular complexity index is 605. The largest absolute Gasteiger partial charge is 0.339 e. The Balaban J connectivity index is 0.00000312. The lowest BCUT2D eigenvalue weighted by Gasteiger charge is -2.38. The van der Waals surface area contributed by atoms with Gasteiger partial charge in [-0.25, -0.2) is 0 Å². The fourth-order valence-corrected chi connectivity index (χ4v) is 2.83. The zero-order valence-corrected chi connectivity index (χ0v) is 16.4. The quantitative estimate of drug-likeness (QED) is 0.888. The third kappa shape index (κ3) is 5.44. The number of aryl methyl sites for hydroxylation is 1. The van der Waals surface area contributed by atoms with Crippen molar-refractivity contribution in [1.82, 2.24) is 9.80 Å². The summed E-state index contributed by atoms with van der Waals surface area (Å²) in [7, 11) is 0. The normalized spacial score (nSPS) is 16.2. The molecule has 1 heterocycles.